The van der Waals surface area contributed by atoms with Crippen LogP contribution in [0.1, 0.15) is 29.0 Å². The summed E-state index contributed by atoms with van der Waals surface area (Å²) in [6.07, 6.45) is 3.50. The molecular weight excluding hydrogens is 299 g/mol. The molecule has 3 aliphatic heterocycles. The van der Waals surface area contributed by atoms with E-state index in [4.69, 9.17) is 0 Å². The van der Waals surface area contributed by atoms with E-state index in [1.54, 1.807) is 28.9 Å². The van der Waals surface area contributed by atoms with Crippen molar-refractivity contribution < 1.29 is 4.39 Å². The van der Waals surface area contributed by atoms with E-state index in [0.29, 0.717) is 12.0 Å². The lowest BCUT2D eigenvalue weighted by Crippen LogP contribution is -2.46. The molecule has 0 radical (unpaired) electrons. The Morgan fingerprint density at radius 3 is 2.79 bits per heavy atom. The minimum Gasteiger partial charge on any atom is -0.367 e. The van der Waals surface area contributed by atoms with E-state index in [2.05, 4.69) is 28.0 Å². The van der Waals surface area contributed by atoms with Crippen LogP contribution in [-0.4, -0.2) is 37.1 Å². The predicted molar refractivity (Wildman–Crippen MR) is 95.2 cm³/mol. The Morgan fingerprint density at radius 1 is 1.04 bits per heavy atom. The van der Waals surface area contributed by atoms with Gasteiger partial charge >= 0.3 is 0 Å². The molecule has 1 fully saturated rings. The lowest BCUT2D eigenvalue weighted by atomic mass is 9.87. The van der Waals surface area contributed by atoms with Crippen LogP contribution in [0.25, 0.3) is 0 Å². The molecule has 2 aromatic rings. The van der Waals surface area contributed by atoms with Gasteiger partial charge in [0.2, 0.25) is 0 Å². The number of anilines is 1. The highest BCUT2D eigenvalue weighted by atomic mass is 19.1. The molecule has 0 unspecified atom stereocenters. The summed E-state index contributed by atoms with van der Waals surface area (Å²) in [5.41, 5.74) is 5.93. The topological polar surface area (TPSA) is 6.48 Å². The van der Waals surface area contributed by atoms with Crippen LogP contribution in [0.3, 0.4) is 0 Å². The lowest BCUT2D eigenvalue weighted by Gasteiger charge is -2.38. The van der Waals surface area contributed by atoms with E-state index < -0.39 is 0 Å². The van der Waals surface area contributed by atoms with Crippen LogP contribution in [0.5, 0.6) is 0 Å². The molecule has 3 heterocycles. The van der Waals surface area contributed by atoms with Crippen molar-refractivity contribution in [3.05, 3.63) is 65.0 Å². The second kappa shape index (κ2) is 5.59. The number of halogens is 1. The van der Waals surface area contributed by atoms with Gasteiger partial charge in [0.25, 0.3) is 0 Å². The predicted octanol–water partition coefficient (Wildman–Crippen LogP) is 3.60. The van der Waals surface area contributed by atoms with Crippen LogP contribution in [0.2, 0.25) is 0 Å². The minimum atomic E-state index is -0.146. The number of benzene rings is 2. The zero-order valence-electron chi connectivity index (χ0n) is 13.9. The molecule has 0 aliphatic carbocycles. The van der Waals surface area contributed by atoms with Crippen LogP contribution in [0, 0.1) is 5.82 Å². The monoisotopic (exact) mass is 322 g/mol. The summed E-state index contributed by atoms with van der Waals surface area (Å²) >= 11 is 0. The van der Waals surface area contributed by atoms with E-state index in [9.17, 15) is 4.39 Å². The standard InChI is InChI=1S/C21H23FN2/c22-17-6-4-15(5-7-17)8-11-23-12-10-20-19(14-23)18-3-1-2-16-9-13-24(20)21(16)18/h1-7,19-20H,8-14H2/t19-,20-/m0/s1. The third-order valence-corrected chi connectivity index (χ3v) is 6.15. The number of hydrogen-bond acceptors (Lipinski definition) is 2. The molecule has 3 aliphatic rings. The number of likely N-dealkylation sites (tertiary alicyclic amines) is 1. The maximum absolute atomic E-state index is 13.0. The van der Waals surface area contributed by atoms with E-state index in [1.807, 2.05) is 12.1 Å². The Bertz CT molecular complexity index is 755. The number of piperidine rings is 1. The molecule has 124 valence electrons. The van der Waals surface area contributed by atoms with Gasteiger partial charge in [0.05, 0.1) is 0 Å². The average Bonchev–Trinajstić information content (AvgIpc) is 3.18. The lowest BCUT2D eigenvalue weighted by molar-refractivity contribution is 0.195. The normalized spacial score (nSPS) is 25.0. The summed E-state index contributed by atoms with van der Waals surface area (Å²) < 4.78 is 13.0. The highest BCUT2D eigenvalue weighted by Crippen LogP contribution is 2.49. The van der Waals surface area contributed by atoms with Crippen molar-refractivity contribution in [1.82, 2.24) is 4.90 Å². The van der Waals surface area contributed by atoms with Gasteiger partial charge in [0, 0.05) is 43.8 Å². The number of rotatable bonds is 3. The van der Waals surface area contributed by atoms with Crippen LogP contribution in [0.15, 0.2) is 42.5 Å². The Hall–Kier alpha value is -1.87. The summed E-state index contributed by atoms with van der Waals surface area (Å²) in [7, 11) is 0. The van der Waals surface area contributed by atoms with Gasteiger partial charge in [0.15, 0.2) is 0 Å². The van der Waals surface area contributed by atoms with Crippen LogP contribution >= 0.6 is 0 Å². The van der Waals surface area contributed by atoms with E-state index in [1.165, 1.54) is 38.0 Å². The van der Waals surface area contributed by atoms with E-state index >= 15 is 0 Å². The number of fused-ring (bicyclic) bond motifs is 3. The fourth-order valence-corrected chi connectivity index (χ4v) is 4.97. The van der Waals surface area contributed by atoms with Gasteiger partial charge in [-0.3, -0.25) is 0 Å². The van der Waals surface area contributed by atoms with Gasteiger partial charge in [-0.25, -0.2) is 4.39 Å². The van der Waals surface area contributed by atoms with Crippen LogP contribution < -0.4 is 4.90 Å². The molecular formula is C21H23FN2. The van der Waals surface area contributed by atoms with Crippen LogP contribution in [0.4, 0.5) is 10.1 Å². The maximum Gasteiger partial charge on any atom is 0.123 e. The molecule has 2 aromatic carbocycles. The van der Waals surface area contributed by atoms with Crippen molar-refractivity contribution >= 4 is 5.69 Å². The summed E-state index contributed by atoms with van der Waals surface area (Å²) in [5, 5.41) is 0. The zero-order chi connectivity index (χ0) is 16.1. The summed E-state index contributed by atoms with van der Waals surface area (Å²) in [6.45, 7) is 4.63. The molecule has 5 rings (SSSR count). The summed E-state index contributed by atoms with van der Waals surface area (Å²) in [4.78, 5) is 5.29. The van der Waals surface area contributed by atoms with E-state index in [-0.39, 0.29) is 5.82 Å². The van der Waals surface area contributed by atoms with Crippen molar-refractivity contribution in [2.24, 2.45) is 0 Å². The molecule has 0 bridgehead atoms. The molecule has 24 heavy (non-hydrogen) atoms. The number of hydrogen-bond donors (Lipinski definition) is 0. The number of nitrogens with zero attached hydrogens (tertiary/aromatic N) is 2. The second-order valence-corrected chi connectivity index (χ2v) is 7.44. The Labute approximate surface area is 142 Å². The Kier molecular flexibility index (Phi) is 3.37. The summed E-state index contributed by atoms with van der Waals surface area (Å²) in [5.74, 6) is 0.523. The van der Waals surface area contributed by atoms with Crippen molar-refractivity contribution in [3.63, 3.8) is 0 Å². The number of para-hydroxylation sites is 1. The van der Waals surface area contributed by atoms with Gasteiger partial charge in [-0.05, 0) is 48.1 Å². The molecule has 0 N–H and O–H groups in total. The third-order valence-electron chi connectivity index (χ3n) is 6.15. The third kappa shape index (κ3) is 2.26. The Morgan fingerprint density at radius 2 is 1.92 bits per heavy atom. The quantitative estimate of drug-likeness (QED) is 0.852. The van der Waals surface area contributed by atoms with Gasteiger partial charge in [-0.2, -0.15) is 0 Å². The molecule has 0 saturated carbocycles. The molecule has 2 atom stereocenters. The SMILES string of the molecule is Fc1ccc(CCN2CC[C@H]3[C@@H](C2)c2cccc4c2N3CC4)cc1. The first kappa shape index (κ1) is 14.5. The smallest absolute Gasteiger partial charge is 0.123 e. The first-order valence-corrected chi connectivity index (χ1v) is 9.15. The van der Waals surface area contributed by atoms with E-state index in [0.717, 1.165) is 13.0 Å². The van der Waals surface area contributed by atoms with Gasteiger partial charge in [0.1, 0.15) is 5.82 Å². The highest BCUT2D eigenvalue weighted by Gasteiger charge is 2.44. The zero-order valence-corrected chi connectivity index (χ0v) is 13.9. The molecule has 0 amide bonds. The fraction of sp³-hybridized carbons (Fsp3) is 0.429. The molecule has 0 aromatic heterocycles. The Balaban J connectivity index is 1.30. The van der Waals surface area contributed by atoms with Crippen molar-refractivity contribution in [1.29, 1.82) is 0 Å². The first-order valence-electron chi connectivity index (χ1n) is 9.15. The fourth-order valence-electron chi connectivity index (χ4n) is 4.97. The molecule has 3 heteroatoms. The van der Waals surface area contributed by atoms with Crippen LogP contribution in [-0.2, 0) is 12.8 Å². The molecule has 2 nitrogen and oxygen atoms in total. The van der Waals surface area contributed by atoms with Crippen molar-refractivity contribution in [3.8, 4) is 0 Å². The highest BCUT2D eigenvalue weighted by molar-refractivity contribution is 5.70. The first-order chi connectivity index (χ1) is 11.8. The maximum atomic E-state index is 13.0. The second-order valence-electron chi connectivity index (χ2n) is 7.44. The molecule has 1 saturated heterocycles. The van der Waals surface area contributed by atoms with Gasteiger partial charge in [-0.1, -0.05) is 30.3 Å². The van der Waals surface area contributed by atoms with Crippen molar-refractivity contribution in [2.75, 3.05) is 31.1 Å². The average molecular weight is 322 g/mol. The minimum absolute atomic E-state index is 0.146. The van der Waals surface area contributed by atoms with Gasteiger partial charge < -0.3 is 9.80 Å². The van der Waals surface area contributed by atoms with Crippen molar-refractivity contribution in [2.45, 2.75) is 31.2 Å². The largest absolute Gasteiger partial charge is 0.367 e. The molecule has 0 spiro atoms. The summed E-state index contributed by atoms with van der Waals surface area (Å²) in [6, 6.07) is 14.6. The van der Waals surface area contributed by atoms with Gasteiger partial charge in [-0.15, -0.1) is 0 Å².